The molecule has 4 rings (SSSR count). The van der Waals surface area contributed by atoms with Crippen molar-refractivity contribution in [2.45, 2.75) is 13.0 Å². The molecule has 3 aromatic carbocycles. The highest BCUT2D eigenvalue weighted by atomic mass is 79.9. The Kier molecular flexibility index (Phi) is 7.78. The molecule has 0 atom stereocenters. The Morgan fingerprint density at radius 1 is 1.09 bits per heavy atom. The van der Waals surface area contributed by atoms with E-state index < -0.39 is 12.4 Å². The van der Waals surface area contributed by atoms with Crippen LogP contribution in [-0.4, -0.2) is 28.0 Å². The molecule has 0 aliphatic rings. The summed E-state index contributed by atoms with van der Waals surface area (Å²) in [7, 11) is 0. The first kappa shape index (κ1) is 24.4. The van der Waals surface area contributed by atoms with Gasteiger partial charge in [0.15, 0.2) is 0 Å². The number of ketones is 1. The molecule has 0 aliphatic carbocycles. The highest BCUT2D eigenvalue weighted by molar-refractivity contribution is 9.10. The SMILES string of the molecule is O=C(/C(=N/Nc1ccc(Br)cc1)n1nc(Cc2ccccc2)oc1=S)c1ccc(OC(F)F)cc1. The summed E-state index contributed by atoms with van der Waals surface area (Å²) in [4.78, 5) is 13.3. The van der Waals surface area contributed by atoms with E-state index in [1.54, 1.807) is 24.3 Å². The number of hydrogen-bond donors (Lipinski definition) is 1. The number of halogens is 3. The number of aromatic nitrogens is 2. The van der Waals surface area contributed by atoms with E-state index in [2.05, 4.69) is 36.3 Å². The minimum absolute atomic E-state index is 0.0710. The predicted octanol–water partition coefficient (Wildman–Crippen LogP) is 6.32. The number of Topliss-reactive ketones (excluding diaryl/α,β-unsaturated/α-hetero) is 1. The van der Waals surface area contributed by atoms with Gasteiger partial charge in [0, 0.05) is 10.0 Å². The monoisotopic (exact) mass is 558 g/mol. The molecule has 0 amide bonds. The predicted molar refractivity (Wildman–Crippen MR) is 133 cm³/mol. The summed E-state index contributed by atoms with van der Waals surface area (Å²) in [5.41, 5.74) is 4.54. The van der Waals surface area contributed by atoms with Crippen LogP contribution in [0.4, 0.5) is 14.5 Å². The van der Waals surface area contributed by atoms with Gasteiger partial charge in [-0.1, -0.05) is 46.3 Å². The van der Waals surface area contributed by atoms with Gasteiger partial charge in [0.2, 0.25) is 17.5 Å². The number of anilines is 1. The van der Waals surface area contributed by atoms with Crippen molar-refractivity contribution in [3.8, 4) is 5.75 Å². The van der Waals surface area contributed by atoms with Crippen molar-refractivity contribution in [3.05, 3.63) is 105 Å². The largest absolute Gasteiger partial charge is 0.435 e. The van der Waals surface area contributed by atoms with Gasteiger partial charge in [0.1, 0.15) is 5.75 Å². The van der Waals surface area contributed by atoms with Crippen LogP contribution >= 0.6 is 28.1 Å². The van der Waals surface area contributed by atoms with Crippen molar-refractivity contribution in [2.75, 3.05) is 5.43 Å². The Morgan fingerprint density at radius 3 is 2.43 bits per heavy atom. The van der Waals surface area contributed by atoms with Gasteiger partial charge in [-0.3, -0.25) is 10.2 Å². The zero-order valence-electron chi connectivity index (χ0n) is 17.9. The highest BCUT2D eigenvalue weighted by Gasteiger charge is 2.21. The van der Waals surface area contributed by atoms with Crippen LogP contribution in [0.5, 0.6) is 5.75 Å². The molecule has 178 valence electrons. The maximum atomic E-state index is 13.4. The molecule has 1 aromatic heterocycles. The zero-order chi connectivity index (χ0) is 24.8. The van der Waals surface area contributed by atoms with Crippen LogP contribution in [-0.2, 0) is 6.42 Å². The van der Waals surface area contributed by atoms with Gasteiger partial charge in [0.05, 0.1) is 12.1 Å². The van der Waals surface area contributed by atoms with Crippen molar-refractivity contribution < 1.29 is 22.7 Å². The van der Waals surface area contributed by atoms with E-state index in [1.807, 2.05) is 30.3 Å². The van der Waals surface area contributed by atoms with Gasteiger partial charge in [-0.15, -0.1) is 5.10 Å². The first-order valence-electron chi connectivity index (χ1n) is 10.2. The second kappa shape index (κ2) is 11.2. The summed E-state index contributed by atoms with van der Waals surface area (Å²) in [6, 6.07) is 21.9. The van der Waals surface area contributed by atoms with E-state index in [9.17, 15) is 13.6 Å². The summed E-state index contributed by atoms with van der Waals surface area (Å²) in [5.74, 6) is -0.505. The van der Waals surface area contributed by atoms with E-state index in [0.717, 1.165) is 14.7 Å². The van der Waals surface area contributed by atoms with Crippen molar-refractivity contribution in [1.82, 2.24) is 9.78 Å². The molecule has 0 unspecified atom stereocenters. The van der Waals surface area contributed by atoms with Gasteiger partial charge in [-0.25, -0.2) is 0 Å². The fraction of sp³-hybridized carbons (Fsp3) is 0.0833. The molecule has 0 saturated carbocycles. The average molecular weight is 559 g/mol. The second-order valence-corrected chi connectivity index (χ2v) is 8.39. The Hall–Kier alpha value is -3.70. The number of nitrogens with one attached hydrogen (secondary N) is 1. The molecule has 0 bridgehead atoms. The smallest absolute Gasteiger partial charge is 0.387 e. The lowest BCUT2D eigenvalue weighted by atomic mass is 10.1. The van der Waals surface area contributed by atoms with Gasteiger partial charge in [-0.2, -0.15) is 18.6 Å². The van der Waals surface area contributed by atoms with Crippen molar-refractivity contribution in [2.24, 2.45) is 5.10 Å². The molecule has 0 spiro atoms. The summed E-state index contributed by atoms with van der Waals surface area (Å²) in [6.07, 6.45) is 0.360. The molecule has 0 radical (unpaired) electrons. The molecule has 35 heavy (non-hydrogen) atoms. The number of hydrogen-bond acceptors (Lipinski definition) is 7. The fourth-order valence-electron chi connectivity index (χ4n) is 3.05. The number of carbonyl (C=O) groups excluding carboxylic acids is 1. The highest BCUT2D eigenvalue weighted by Crippen LogP contribution is 2.18. The lowest BCUT2D eigenvalue weighted by Gasteiger charge is -2.08. The number of rotatable bonds is 8. The number of hydrazone groups is 1. The van der Waals surface area contributed by atoms with E-state index in [4.69, 9.17) is 16.6 Å². The Bertz CT molecular complexity index is 1390. The van der Waals surface area contributed by atoms with Crippen LogP contribution in [0.25, 0.3) is 0 Å². The number of alkyl halides is 2. The van der Waals surface area contributed by atoms with E-state index in [0.29, 0.717) is 18.0 Å². The van der Waals surface area contributed by atoms with E-state index in [1.165, 1.54) is 24.3 Å². The summed E-state index contributed by atoms with van der Waals surface area (Å²) >= 11 is 8.68. The van der Waals surface area contributed by atoms with Crippen molar-refractivity contribution >= 4 is 45.5 Å². The number of benzene rings is 3. The molecule has 1 heterocycles. The molecular formula is C24H17BrF2N4O3S. The molecule has 11 heteroatoms. The first-order valence-corrected chi connectivity index (χ1v) is 11.4. The van der Waals surface area contributed by atoms with Crippen LogP contribution < -0.4 is 10.2 Å². The van der Waals surface area contributed by atoms with Gasteiger partial charge < -0.3 is 9.15 Å². The molecule has 0 fully saturated rings. The Balaban J connectivity index is 1.67. The normalized spacial score (nSPS) is 11.5. The van der Waals surface area contributed by atoms with Crippen molar-refractivity contribution in [1.29, 1.82) is 0 Å². The standard InChI is InChI=1S/C24H17BrF2N4O3S/c25-17-8-10-18(11-9-17)28-29-22(21(32)16-6-12-19(13-7-16)33-23(26)27)31-24(35)34-20(30-31)14-15-4-2-1-3-5-15/h1-13,23,28H,14H2/b29-22-. The lowest BCUT2D eigenvalue weighted by molar-refractivity contribution is -0.0498. The Morgan fingerprint density at radius 2 is 1.77 bits per heavy atom. The number of nitrogens with zero attached hydrogens (tertiary/aromatic N) is 3. The van der Waals surface area contributed by atoms with E-state index in [-0.39, 0.29) is 22.0 Å². The van der Waals surface area contributed by atoms with Crippen LogP contribution in [0.3, 0.4) is 0 Å². The van der Waals surface area contributed by atoms with Crippen LogP contribution in [0, 0.1) is 4.84 Å². The minimum atomic E-state index is -2.97. The minimum Gasteiger partial charge on any atom is -0.435 e. The maximum absolute atomic E-state index is 13.4. The zero-order valence-corrected chi connectivity index (χ0v) is 20.3. The summed E-state index contributed by atoms with van der Waals surface area (Å²) in [5, 5.41) is 8.60. The lowest BCUT2D eigenvalue weighted by Crippen LogP contribution is -2.26. The third-order valence-corrected chi connectivity index (χ3v) is 5.45. The Labute approximate surface area is 212 Å². The fourth-order valence-corrected chi connectivity index (χ4v) is 3.53. The van der Waals surface area contributed by atoms with Crippen LogP contribution in [0.2, 0.25) is 0 Å². The molecular weight excluding hydrogens is 542 g/mol. The summed E-state index contributed by atoms with van der Waals surface area (Å²) in [6.45, 7) is -2.97. The summed E-state index contributed by atoms with van der Waals surface area (Å²) < 4.78 is 36.9. The quantitative estimate of drug-likeness (QED) is 0.0896. The van der Waals surface area contributed by atoms with Gasteiger partial charge in [-0.05, 0) is 66.3 Å². The average Bonchev–Trinajstić information content (AvgIpc) is 3.20. The maximum Gasteiger partial charge on any atom is 0.387 e. The topological polar surface area (TPSA) is 81.7 Å². The molecule has 0 aliphatic heterocycles. The van der Waals surface area contributed by atoms with Gasteiger partial charge in [0.25, 0.3) is 4.84 Å². The molecule has 4 aromatic rings. The van der Waals surface area contributed by atoms with Crippen LogP contribution in [0.15, 0.2) is 92.9 Å². The number of ether oxygens (including phenoxy) is 1. The van der Waals surface area contributed by atoms with E-state index >= 15 is 0 Å². The van der Waals surface area contributed by atoms with Gasteiger partial charge >= 0.3 is 6.61 Å². The molecule has 7 nitrogen and oxygen atoms in total. The number of carbonyl (C=O) groups is 1. The second-order valence-electron chi connectivity index (χ2n) is 7.12. The molecule has 0 saturated heterocycles. The van der Waals surface area contributed by atoms with Crippen molar-refractivity contribution in [3.63, 3.8) is 0 Å². The van der Waals surface area contributed by atoms with Crippen LogP contribution in [0.1, 0.15) is 21.8 Å². The molecule has 1 N–H and O–H groups in total. The third kappa shape index (κ3) is 6.46. The first-order chi connectivity index (χ1) is 16.9. The third-order valence-electron chi connectivity index (χ3n) is 4.67.